The van der Waals surface area contributed by atoms with Crippen molar-refractivity contribution in [1.29, 1.82) is 0 Å². The summed E-state index contributed by atoms with van der Waals surface area (Å²) < 4.78 is 5.65. The maximum Gasteiger partial charge on any atom is 0.222 e. The van der Waals surface area contributed by atoms with Gasteiger partial charge in [-0.15, -0.1) is 0 Å². The lowest BCUT2D eigenvalue weighted by Crippen LogP contribution is -2.34. The zero-order valence-electron chi connectivity index (χ0n) is 8.16. The first-order valence-electron chi connectivity index (χ1n) is 5.19. The van der Waals surface area contributed by atoms with Crippen molar-refractivity contribution in [3.63, 3.8) is 0 Å². The summed E-state index contributed by atoms with van der Waals surface area (Å²) in [7, 11) is 0. The van der Waals surface area contributed by atoms with Crippen molar-refractivity contribution in [2.24, 2.45) is 11.1 Å². The molecule has 74 valence electrons. The van der Waals surface area contributed by atoms with Crippen LogP contribution in [0.2, 0.25) is 0 Å². The minimum absolute atomic E-state index is 0.262. The Morgan fingerprint density at radius 1 is 1.23 bits per heavy atom. The van der Waals surface area contributed by atoms with Gasteiger partial charge in [-0.1, -0.05) is 24.4 Å². The molecule has 1 unspecified atom stereocenters. The van der Waals surface area contributed by atoms with Crippen LogP contribution in [0.1, 0.15) is 39.0 Å². The van der Waals surface area contributed by atoms with E-state index in [0.717, 1.165) is 0 Å². The third-order valence-corrected chi connectivity index (χ3v) is 2.93. The van der Waals surface area contributed by atoms with Crippen LogP contribution < -0.4 is 0 Å². The largest absolute Gasteiger partial charge is 0.471 e. The Kier molecular flexibility index (Phi) is 2.71. The maximum atomic E-state index is 5.65. The van der Waals surface area contributed by atoms with Crippen molar-refractivity contribution in [3.05, 3.63) is 0 Å². The van der Waals surface area contributed by atoms with E-state index in [1.165, 1.54) is 32.1 Å². The van der Waals surface area contributed by atoms with Gasteiger partial charge in [0.05, 0.1) is 0 Å². The molecule has 2 aliphatic rings. The molecular weight excluding hydrogens is 166 g/mol. The number of hydrogen-bond donors (Lipinski definition) is 0. The fraction of sp³-hybridized carbons (Fsp3) is 0.900. The van der Waals surface area contributed by atoms with Gasteiger partial charge in [0.2, 0.25) is 5.90 Å². The maximum absolute atomic E-state index is 5.65. The first-order chi connectivity index (χ1) is 6.36. The standard InChI is InChI=1S/C10H17NO2/c1-8-11-12-7-10(13-8)9-5-3-2-4-6-9/h9-10H,2-7H2,1H3. The van der Waals surface area contributed by atoms with E-state index in [1.54, 1.807) is 0 Å². The van der Waals surface area contributed by atoms with Crippen LogP contribution in [-0.2, 0) is 9.57 Å². The molecule has 0 aromatic rings. The van der Waals surface area contributed by atoms with Crippen LogP contribution in [0.3, 0.4) is 0 Å². The lowest BCUT2D eigenvalue weighted by Gasteiger charge is -2.31. The van der Waals surface area contributed by atoms with Gasteiger partial charge >= 0.3 is 0 Å². The summed E-state index contributed by atoms with van der Waals surface area (Å²) in [5.74, 6) is 1.38. The predicted molar refractivity (Wildman–Crippen MR) is 50.5 cm³/mol. The molecule has 1 aliphatic carbocycles. The Hall–Kier alpha value is -0.730. The average molecular weight is 183 g/mol. The Bertz CT molecular complexity index is 197. The quantitative estimate of drug-likeness (QED) is 0.624. The number of ether oxygens (including phenoxy) is 1. The summed E-state index contributed by atoms with van der Waals surface area (Å²) in [6.45, 7) is 2.50. The van der Waals surface area contributed by atoms with Gasteiger partial charge in [-0.25, -0.2) is 0 Å². The van der Waals surface area contributed by atoms with Crippen molar-refractivity contribution >= 4 is 5.90 Å². The third-order valence-electron chi connectivity index (χ3n) is 2.93. The molecule has 1 aliphatic heterocycles. The highest BCUT2D eigenvalue weighted by Gasteiger charge is 2.28. The van der Waals surface area contributed by atoms with E-state index in [4.69, 9.17) is 9.57 Å². The van der Waals surface area contributed by atoms with Gasteiger partial charge in [0.25, 0.3) is 0 Å². The average Bonchev–Trinajstić information content (AvgIpc) is 2.19. The zero-order chi connectivity index (χ0) is 9.10. The molecule has 0 amide bonds. The number of oxime groups is 1. The van der Waals surface area contributed by atoms with E-state index in [9.17, 15) is 0 Å². The summed E-state index contributed by atoms with van der Waals surface area (Å²) in [4.78, 5) is 5.11. The molecule has 0 radical (unpaired) electrons. The molecule has 0 bridgehead atoms. The van der Waals surface area contributed by atoms with Gasteiger partial charge in [0.1, 0.15) is 6.10 Å². The van der Waals surface area contributed by atoms with Crippen molar-refractivity contribution in [1.82, 2.24) is 0 Å². The van der Waals surface area contributed by atoms with Gasteiger partial charge in [-0.2, -0.15) is 0 Å². The van der Waals surface area contributed by atoms with Crippen LogP contribution in [-0.4, -0.2) is 18.6 Å². The molecule has 1 saturated carbocycles. The monoisotopic (exact) mass is 183 g/mol. The molecule has 1 fully saturated rings. The number of rotatable bonds is 1. The molecular formula is C10H17NO2. The van der Waals surface area contributed by atoms with Gasteiger partial charge in [-0.05, 0) is 18.8 Å². The molecule has 3 heteroatoms. The minimum atomic E-state index is 0.262. The third kappa shape index (κ3) is 2.14. The Labute approximate surface area is 79.1 Å². The van der Waals surface area contributed by atoms with Crippen LogP contribution in [0.5, 0.6) is 0 Å². The van der Waals surface area contributed by atoms with Crippen molar-refractivity contribution in [2.75, 3.05) is 6.61 Å². The van der Waals surface area contributed by atoms with Gasteiger partial charge in [0.15, 0.2) is 6.61 Å². The molecule has 0 spiro atoms. The minimum Gasteiger partial charge on any atom is -0.471 e. The van der Waals surface area contributed by atoms with Gasteiger partial charge in [0, 0.05) is 6.92 Å². The van der Waals surface area contributed by atoms with Gasteiger partial charge < -0.3 is 9.57 Å². The normalized spacial score (nSPS) is 30.2. The second-order valence-corrected chi connectivity index (χ2v) is 3.96. The van der Waals surface area contributed by atoms with E-state index in [1.807, 2.05) is 6.92 Å². The molecule has 0 aromatic heterocycles. The Balaban J connectivity index is 1.89. The van der Waals surface area contributed by atoms with Crippen LogP contribution in [0.25, 0.3) is 0 Å². The summed E-state index contributed by atoms with van der Waals surface area (Å²) >= 11 is 0. The van der Waals surface area contributed by atoms with E-state index in [2.05, 4.69) is 5.16 Å². The highest BCUT2D eigenvalue weighted by atomic mass is 16.7. The fourth-order valence-corrected chi connectivity index (χ4v) is 2.21. The molecule has 0 aromatic carbocycles. The molecule has 13 heavy (non-hydrogen) atoms. The molecule has 1 atom stereocenters. The summed E-state index contributed by atoms with van der Waals surface area (Å²) in [6, 6.07) is 0. The first-order valence-corrected chi connectivity index (χ1v) is 5.19. The van der Waals surface area contributed by atoms with Crippen molar-refractivity contribution in [2.45, 2.75) is 45.1 Å². The van der Waals surface area contributed by atoms with E-state index in [-0.39, 0.29) is 6.10 Å². The highest BCUT2D eigenvalue weighted by Crippen LogP contribution is 2.29. The van der Waals surface area contributed by atoms with E-state index >= 15 is 0 Å². The van der Waals surface area contributed by atoms with Crippen LogP contribution >= 0.6 is 0 Å². The fourth-order valence-electron chi connectivity index (χ4n) is 2.21. The predicted octanol–water partition coefficient (Wildman–Crippen LogP) is 2.32. The lowest BCUT2D eigenvalue weighted by atomic mass is 9.85. The van der Waals surface area contributed by atoms with Crippen LogP contribution in [0.15, 0.2) is 5.16 Å². The summed E-state index contributed by atoms with van der Waals surface area (Å²) in [5, 5.41) is 3.77. The Morgan fingerprint density at radius 2 is 2.00 bits per heavy atom. The summed E-state index contributed by atoms with van der Waals surface area (Å²) in [5.41, 5.74) is 0. The smallest absolute Gasteiger partial charge is 0.222 e. The number of nitrogens with zero attached hydrogens (tertiary/aromatic N) is 1. The lowest BCUT2D eigenvalue weighted by molar-refractivity contribution is -0.0274. The molecule has 2 rings (SSSR count). The second-order valence-electron chi connectivity index (χ2n) is 3.96. The SMILES string of the molecule is CC1=NOCC(C2CCCCC2)O1. The summed E-state index contributed by atoms with van der Waals surface area (Å²) in [6.07, 6.45) is 6.93. The van der Waals surface area contributed by atoms with Gasteiger partial charge in [-0.3, -0.25) is 0 Å². The van der Waals surface area contributed by atoms with Crippen LogP contribution in [0, 0.1) is 5.92 Å². The zero-order valence-corrected chi connectivity index (χ0v) is 8.16. The topological polar surface area (TPSA) is 30.8 Å². The first kappa shape index (κ1) is 8.85. The van der Waals surface area contributed by atoms with Crippen LogP contribution in [0.4, 0.5) is 0 Å². The van der Waals surface area contributed by atoms with E-state index < -0.39 is 0 Å². The molecule has 0 N–H and O–H groups in total. The highest BCUT2D eigenvalue weighted by molar-refractivity contribution is 5.72. The number of hydrogen-bond acceptors (Lipinski definition) is 3. The molecule has 0 saturated heterocycles. The van der Waals surface area contributed by atoms with Crippen molar-refractivity contribution < 1.29 is 9.57 Å². The van der Waals surface area contributed by atoms with E-state index in [0.29, 0.717) is 18.4 Å². The van der Waals surface area contributed by atoms with Crippen molar-refractivity contribution in [3.8, 4) is 0 Å². The second kappa shape index (κ2) is 3.99. The molecule has 1 heterocycles. The Morgan fingerprint density at radius 3 is 2.69 bits per heavy atom. The molecule has 3 nitrogen and oxygen atoms in total.